The van der Waals surface area contributed by atoms with E-state index in [4.69, 9.17) is 0 Å². The second-order valence-corrected chi connectivity index (χ2v) is 5.23. The maximum atomic E-state index is 12.1. The van der Waals surface area contributed by atoms with Crippen molar-refractivity contribution in [3.63, 3.8) is 0 Å². The van der Waals surface area contributed by atoms with Crippen LogP contribution in [-0.2, 0) is 11.3 Å². The topological polar surface area (TPSA) is 72.2 Å². The number of benzene rings is 1. The van der Waals surface area contributed by atoms with Crippen LogP contribution in [0.1, 0.15) is 17.2 Å². The normalized spacial score (nSPS) is 11.2. The highest BCUT2D eigenvalue weighted by Gasteiger charge is 2.09. The first kappa shape index (κ1) is 14.9. The zero-order chi connectivity index (χ0) is 16.2. The van der Waals surface area contributed by atoms with Gasteiger partial charge in [-0.25, -0.2) is 10.4 Å². The summed E-state index contributed by atoms with van der Waals surface area (Å²) in [6.45, 7) is 3.96. The van der Waals surface area contributed by atoms with Gasteiger partial charge >= 0.3 is 0 Å². The molecule has 2 aromatic heterocycles. The largest absolute Gasteiger partial charge is 0.319 e. The van der Waals surface area contributed by atoms with Crippen LogP contribution >= 0.6 is 0 Å². The van der Waals surface area contributed by atoms with Crippen LogP contribution in [0, 0.1) is 13.8 Å². The summed E-state index contributed by atoms with van der Waals surface area (Å²) in [5, 5.41) is 3.95. The molecule has 0 aliphatic carbocycles. The lowest BCUT2D eigenvalue weighted by Crippen LogP contribution is -2.23. The summed E-state index contributed by atoms with van der Waals surface area (Å²) in [6.07, 6.45) is 1.53. The molecule has 0 saturated heterocycles. The number of pyridine rings is 1. The maximum absolute atomic E-state index is 12.1. The van der Waals surface area contributed by atoms with E-state index in [9.17, 15) is 4.79 Å². The van der Waals surface area contributed by atoms with Crippen LogP contribution in [0.3, 0.4) is 0 Å². The Hall–Kier alpha value is -3.02. The molecule has 0 radical (unpaired) electrons. The van der Waals surface area contributed by atoms with E-state index in [1.54, 1.807) is 0 Å². The molecule has 0 bridgehead atoms. The summed E-state index contributed by atoms with van der Waals surface area (Å²) in [5.74, 6) is 0.589. The van der Waals surface area contributed by atoms with Gasteiger partial charge in [0.05, 0.1) is 22.9 Å². The van der Waals surface area contributed by atoms with Gasteiger partial charge in [0.1, 0.15) is 12.4 Å². The van der Waals surface area contributed by atoms with E-state index >= 15 is 0 Å². The number of carbonyl (C=O) groups excluding carboxylic acids is 1. The maximum Gasteiger partial charge on any atom is 0.260 e. The van der Waals surface area contributed by atoms with Crippen LogP contribution in [0.4, 0.5) is 0 Å². The fourth-order valence-corrected chi connectivity index (χ4v) is 2.38. The van der Waals surface area contributed by atoms with E-state index in [1.165, 1.54) is 6.21 Å². The number of carbonyl (C=O) groups is 1. The van der Waals surface area contributed by atoms with Gasteiger partial charge in [0.2, 0.25) is 0 Å². The van der Waals surface area contributed by atoms with Gasteiger partial charge in [-0.3, -0.25) is 9.78 Å². The number of imidazole rings is 1. The number of amides is 1. The van der Waals surface area contributed by atoms with Crippen molar-refractivity contribution in [2.75, 3.05) is 0 Å². The van der Waals surface area contributed by atoms with Crippen molar-refractivity contribution < 1.29 is 4.79 Å². The summed E-state index contributed by atoms with van der Waals surface area (Å²) in [5.41, 5.74) is 5.94. The van der Waals surface area contributed by atoms with Crippen molar-refractivity contribution in [3.8, 4) is 0 Å². The Labute approximate surface area is 133 Å². The second kappa shape index (κ2) is 6.39. The van der Waals surface area contributed by atoms with Gasteiger partial charge in [0.25, 0.3) is 5.91 Å². The molecule has 6 nitrogen and oxygen atoms in total. The predicted octanol–water partition coefficient (Wildman–Crippen LogP) is 2.20. The molecule has 0 aliphatic rings. The average Bonchev–Trinajstić information content (AvgIpc) is 2.83. The highest BCUT2D eigenvalue weighted by atomic mass is 16.2. The summed E-state index contributed by atoms with van der Waals surface area (Å²) in [6, 6.07) is 13.4. The fourth-order valence-electron chi connectivity index (χ4n) is 2.38. The first-order valence-corrected chi connectivity index (χ1v) is 7.31. The molecular weight excluding hydrogens is 290 g/mol. The summed E-state index contributed by atoms with van der Waals surface area (Å²) < 4.78 is 1.87. The number of nitrogens with one attached hydrogen (secondary N) is 1. The van der Waals surface area contributed by atoms with Crippen molar-refractivity contribution in [1.82, 2.24) is 20.0 Å². The van der Waals surface area contributed by atoms with Gasteiger partial charge < -0.3 is 4.57 Å². The lowest BCUT2D eigenvalue weighted by atomic mass is 10.3. The van der Waals surface area contributed by atoms with Gasteiger partial charge in [-0.1, -0.05) is 18.2 Å². The smallest absolute Gasteiger partial charge is 0.260 e. The molecule has 2 heterocycles. The van der Waals surface area contributed by atoms with Crippen molar-refractivity contribution in [1.29, 1.82) is 0 Å². The number of para-hydroxylation sites is 2. The molecule has 1 N–H and O–H groups in total. The third-order valence-corrected chi connectivity index (χ3v) is 3.44. The summed E-state index contributed by atoms with van der Waals surface area (Å²) >= 11 is 0. The molecule has 0 saturated carbocycles. The number of fused-ring (bicyclic) bond motifs is 1. The molecule has 3 rings (SSSR count). The van der Waals surface area contributed by atoms with Crippen LogP contribution in [0.15, 0.2) is 47.6 Å². The lowest BCUT2D eigenvalue weighted by Gasteiger charge is -2.05. The molecule has 23 heavy (non-hydrogen) atoms. The minimum atomic E-state index is -0.208. The highest BCUT2D eigenvalue weighted by molar-refractivity contribution is 5.83. The molecular formula is C17H17N5O. The highest BCUT2D eigenvalue weighted by Crippen LogP contribution is 2.14. The van der Waals surface area contributed by atoms with Crippen LogP contribution in [0.2, 0.25) is 0 Å². The first-order valence-electron chi connectivity index (χ1n) is 7.31. The third-order valence-electron chi connectivity index (χ3n) is 3.44. The zero-order valence-corrected chi connectivity index (χ0v) is 13.0. The van der Waals surface area contributed by atoms with E-state index in [2.05, 4.69) is 20.5 Å². The number of hydrogen-bond acceptors (Lipinski definition) is 4. The number of aromatic nitrogens is 3. The van der Waals surface area contributed by atoms with Crippen LogP contribution in [-0.4, -0.2) is 26.7 Å². The fraction of sp³-hybridized carbons (Fsp3) is 0.176. The van der Waals surface area contributed by atoms with Crippen LogP contribution in [0.5, 0.6) is 0 Å². The van der Waals surface area contributed by atoms with Gasteiger partial charge in [0.15, 0.2) is 0 Å². The Balaban J connectivity index is 1.68. The van der Waals surface area contributed by atoms with Crippen LogP contribution in [0.25, 0.3) is 11.0 Å². The molecule has 116 valence electrons. The number of nitrogens with zero attached hydrogens (tertiary/aromatic N) is 4. The van der Waals surface area contributed by atoms with E-state index < -0.39 is 0 Å². The van der Waals surface area contributed by atoms with E-state index in [0.29, 0.717) is 5.69 Å². The minimum absolute atomic E-state index is 0.172. The van der Waals surface area contributed by atoms with Gasteiger partial charge in [-0.15, -0.1) is 0 Å². The number of hydrogen-bond donors (Lipinski definition) is 1. The summed E-state index contributed by atoms with van der Waals surface area (Å²) in [4.78, 5) is 20.8. The number of rotatable bonds is 4. The molecule has 0 aliphatic heterocycles. The SMILES string of the molecule is Cc1cccc(/C=N\NC(=O)Cn2c(C)nc3ccccc32)n1. The number of hydrazone groups is 1. The third kappa shape index (κ3) is 3.42. The quantitative estimate of drug-likeness (QED) is 0.593. The van der Waals surface area contributed by atoms with E-state index in [1.807, 2.05) is 60.9 Å². The van der Waals surface area contributed by atoms with E-state index in [0.717, 1.165) is 22.6 Å². The Morgan fingerprint density at radius 1 is 1.17 bits per heavy atom. The predicted molar refractivity (Wildman–Crippen MR) is 89.2 cm³/mol. The van der Waals surface area contributed by atoms with Crippen molar-refractivity contribution in [3.05, 3.63) is 59.7 Å². The Morgan fingerprint density at radius 3 is 2.83 bits per heavy atom. The van der Waals surface area contributed by atoms with Crippen molar-refractivity contribution in [2.45, 2.75) is 20.4 Å². The summed E-state index contributed by atoms with van der Waals surface area (Å²) in [7, 11) is 0. The average molecular weight is 307 g/mol. The monoisotopic (exact) mass is 307 g/mol. The molecule has 0 unspecified atom stereocenters. The number of aryl methyl sites for hydroxylation is 2. The van der Waals surface area contributed by atoms with Crippen LogP contribution < -0.4 is 5.43 Å². The first-order chi connectivity index (χ1) is 11.1. The Morgan fingerprint density at radius 2 is 2.00 bits per heavy atom. The second-order valence-electron chi connectivity index (χ2n) is 5.23. The van der Waals surface area contributed by atoms with Gasteiger partial charge in [0, 0.05) is 5.69 Å². The molecule has 3 aromatic rings. The standard InChI is InChI=1S/C17H17N5O/c1-12-6-5-7-14(19-12)10-18-21-17(23)11-22-13(2)20-15-8-3-4-9-16(15)22/h3-10H,11H2,1-2H3,(H,21,23)/b18-10-. The van der Waals surface area contributed by atoms with E-state index in [-0.39, 0.29) is 12.5 Å². The molecule has 0 spiro atoms. The van der Waals surface area contributed by atoms with Gasteiger partial charge in [-0.2, -0.15) is 5.10 Å². The van der Waals surface area contributed by atoms with Gasteiger partial charge in [-0.05, 0) is 38.1 Å². The van der Waals surface area contributed by atoms with Crippen molar-refractivity contribution in [2.24, 2.45) is 5.10 Å². The molecule has 1 amide bonds. The lowest BCUT2D eigenvalue weighted by molar-refractivity contribution is -0.121. The Bertz CT molecular complexity index is 882. The molecule has 0 fully saturated rings. The molecule has 6 heteroatoms. The molecule has 1 aromatic carbocycles. The van der Waals surface area contributed by atoms with Crippen molar-refractivity contribution >= 4 is 23.2 Å². The minimum Gasteiger partial charge on any atom is -0.319 e. The molecule has 0 atom stereocenters. The zero-order valence-electron chi connectivity index (χ0n) is 13.0. The Kier molecular flexibility index (Phi) is 4.14.